The second-order valence-electron chi connectivity index (χ2n) is 2.84. The van der Waals surface area contributed by atoms with Crippen LogP contribution in [0.25, 0.3) is 0 Å². The number of aromatic nitrogens is 2. The minimum atomic E-state index is -0.578. The molecule has 0 unspecified atom stereocenters. The van der Waals surface area contributed by atoms with Crippen LogP contribution >= 0.6 is 0 Å². The Hall–Kier alpha value is -1.98. The van der Waals surface area contributed by atoms with E-state index in [9.17, 15) is 9.59 Å². The number of nitrogen functional groups attached to an aromatic ring is 2. The van der Waals surface area contributed by atoms with Gasteiger partial charge in [-0.15, -0.1) is 6.58 Å². The maximum absolute atomic E-state index is 11.5. The molecule has 0 aliphatic heterocycles. The number of anilines is 2. The molecule has 0 aliphatic carbocycles. The van der Waals surface area contributed by atoms with Crippen LogP contribution in [0.1, 0.15) is 0 Å². The summed E-state index contributed by atoms with van der Waals surface area (Å²) in [6.07, 6.45) is 1.44. The van der Waals surface area contributed by atoms with Crippen molar-refractivity contribution in [1.29, 1.82) is 0 Å². The van der Waals surface area contributed by atoms with Gasteiger partial charge in [-0.2, -0.15) is 0 Å². The van der Waals surface area contributed by atoms with Crippen molar-refractivity contribution < 1.29 is 0 Å². The van der Waals surface area contributed by atoms with Gasteiger partial charge in [0, 0.05) is 13.6 Å². The second kappa shape index (κ2) is 3.41. The molecule has 1 aromatic rings. The highest BCUT2D eigenvalue weighted by Gasteiger charge is 2.10. The van der Waals surface area contributed by atoms with Crippen molar-refractivity contribution in [1.82, 2.24) is 9.13 Å². The van der Waals surface area contributed by atoms with Crippen LogP contribution in [0.15, 0.2) is 22.2 Å². The molecule has 76 valence electrons. The predicted octanol–water partition coefficient (Wildman–Crippen LogP) is -1.10. The summed E-state index contributed by atoms with van der Waals surface area (Å²) >= 11 is 0. The van der Waals surface area contributed by atoms with Crippen LogP contribution in [-0.4, -0.2) is 9.13 Å². The Bertz CT molecular complexity index is 446. The Balaban J connectivity index is 3.69. The zero-order chi connectivity index (χ0) is 10.9. The zero-order valence-electron chi connectivity index (χ0n) is 7.86. The van der Waals surface area contributed by atoms with E-state index >= 15 is 0 Å². The molecule has 0 spiro atoms. The van der Waals surface area contributed by atoms with E-state index in [4.69, 9.17) is 11.5 Å². The smallest absolute Gasteiger partial charge is 0.332 e. The fraction of sp³-hybridized carbons (Fsp3) is 0.250. The quantitative estimate of drug-likeness (QED) is 0.586. The lowest BCUT2D eigenvalue weighted by Crippen LogP contribution is -2.41. The molecular formula is C8H12N4O2. The van der Waals surface area contributed by atoms with E-state index in [2.05, 4.69) is 6.58 Å². The Morgan fingerprint density at radius 1 is 1.43 bits per heavy atom. The van der Waals surface area contributed by atoms with E-state index in [1.54, 1.807) is 0 Å². The lowest BCUT2D eigenvalue weighted by atomic mass is 10.4. The minimum Gasteiger partial charge on any atom is -0.391 e. The lowest BCUT2D eigenvalue weighted by molar-refractivity contribution is 0.659. The molecule has 0 amide bonds. The van der Waals surface area contributed by atoms with E-state index in [1.807, 2.05) is 0 Å². The number of nitrogens with two attached hydrogens (primary N) is 2. The van der Waals surface area contributed by atoms with Gasteiger partial charge in [-0.25, -0.2) is 4.79 Å². The summed E-state index contributed by atoms with van der Waals surface area (Å²) in [6.45, 7) is 3.56. The average Bonchev–Trinajstić information content (AvgIpc) is 2.19. The van der Waals surface area contributed by atoms with Gasteiger partial charge < -0.3 is 11.5 Å². The van der Waals surface area contributed by atoms with Crippen LogP contribution in [0.5, 0.6) is 0 Å². The molecule has 1 aromatic heterocycles. The second-order valence-corrected chi connectivity index (χ2v) is 2.84. The summed E-state index contributed by atoms with van der Waals surface area (Å²) in [5, 5.41) is 0. The number of hydrogen-bond acceptors (Lipinski definition) is 4. The Labute approximate surface area is 80.1 Å². The molecule has 0 aliphatic rings. The molecule has 4 N–H and O–H groups in total. The van der Waals surface area contributed by atoms with Gasteiger partial charge >= 0.3 is 5.69 Å². The number of rotatable bonds is 2. The average molecular weight is 196 g/mol. The number of nitrogens with zero attached hydrogens (tertiary/aromatic N) is 2. The van der Waals surface area contributed by atoms with E-state index in [0.717, 1.165) is 9.13 Å². The van der Waals surface area contributed by atoms with Crippen molar-refractivity contribution in [2.45, 2.75) is 6.54 Å². The lowest BCUT2D eigenvalue weighted by Gasteiger charge is -2.09. The molecule has 0 radical (unpaired) electrons. The maximum Gasteiger partial charge on any atom is 0.332 e. The SMILES string of the molecule is C=CCn1c(=O)c(N)c(N)n(C)c1=O. The first kappa shape index (κ1) is 10.1. The Kier molecular flexibility index (Phi) is 2.46. The van der Waals surface area contributed by atoms with Crippen molar-refractivity contribution in [3.63, 3.8) is 0 Å². The van der Waals surface area contributed by atoms with Crippen molar-refractivity contribution in [2.24, 2.45) is 7.05 Å². The van der Waals surface area contributed by atoms with Crippen molar-refractivity contribution >= 4 is 11.5 Å². The van der Waals surface area contributed by atoms with Crippen LogP contribution in [0.3, 0.4) is 0 Å². The highest BCUT2D eigenvalue weighted by molar-refractivity contribution is 5.56. The molecule has 0 saturated carbocycles. The summed E-state index contributed by atoms with van der Waals surface area (Å²) in [6, 6.07) is 0. The summed E-state index contributed by atoms with van der Waals surface area (Å²) in [4.78, 5) is 22.9. The summed E-state index contributed by atoms with van der Waals surface area (Å²) < 4.78 is 2.10. The van der Waals surface area contributed by atoms with Crippen molar-refractivity contribution in [2.75, 3.05) is 11.5 Å². The molecule has 0 saturated heterocycles. The third-order valence-corrected chi connectivity index (χ3v) is 1.94. The van der Waals surface area contributed by atoms with Crippen molar-refractivity contribution in [3.8, 4) is 0 Å². The van der Waals surface area contributed by atoms with E-state index in [0.29, 0.717) is 0 Å². The molecule has 6 heteroatoms. The van der Waals surface area contributed by atoms with E-state index in [1.165, 1.54) is 13.1 Å². The van der Waals surface area contributed by atoms with Gasteiger partial charge in [0.2, 0.25) is 0 Å². The molecular weight excluding hydrogens is 184 g/mol. The number of allylic oxidation sites excluding steroid dienone is 1. The summed E-state index contributed by atoms with van der Waals surface area (Å²) in [7, 11) is 1.45. The Morgan fingerprint density at radius 3 is 2.50 bits per heavy atom. The minimum absolute atomic E-state index is 0.0136. The van der Waals surface area contributed by atoms with Gasteiger partial charge in [-0.1, -0.05) is 6.08 Å². The monoisotopic (exact) mass is 196 g/mol. The van der Waals surface area contributed by atoms with Crippen LogP contribution in [0.4, 0.5) is 11.5 Å². The topological polar surface area (TPSA) is 96.0 Å². The molecule has 0 bridgehead atoms. The Morgan fingerprint density at radius 2 is 2.00 bits per heavy atom. The first-order valence-electron chi connectivity index (χ1n) is 3.96. The summed E-state index contributed by atoms with van der Waals surface area (Å²) in [5.74, 6) is -0.0136. The highest BCUT2D eigenvalue weighted by Crippen LogP contribution is 2.02. The molecule has 0 aromatic carbocycles. The van der Waals surface area contributed by atoms with Gasteiger partial charge in [0.15, 0.2) is 0 Å². The maximum atomic E-state index is 11.5. The molecule has 0 fully saturated rings. The third kappa shape index (κ3) is 1.30. The molecule has 1 rings (SSSR count). The predicted molar refractivity (Wildman–Crippen MR) is 55.0 cm³/mol. The first-order valence-corrected chi connectivity index (χ1v) is 3.96. The van der Waals surface area contributed by atoms with Crippen LogP contribution in [-0.2, 0) is 13.6 Å². The first-order chi connectivity index (χ1) is 6.50. The normalized spacial score (nSPS) is 10.1. The van der Waals surface area contributed by atoms with Gasteiger partial charge in [-0.3, -0.25) is 13.9 Å². The highest BCUT2D eigenvalue weighted by atomic mass is 16.2. The van der Waals surface area contributed by atoms with E-state index < -0.39 is 11.2 Å². The van der Waals surface area contributed by atoms with Gasteiger partial charge in [0.25, 0.3) is 5.56 Å². The molecule has 6 nitrogen and oxygen atoms in total. The third-order valence-electron chi connectivity index (χ3n) is 1.94. The van der Waals surface area contributed by atoms with Gasteiger partial charge in [0.05, 0.1) is 0 Å². The molecule has 0 atom stereocenters. The fourth-order valence-corrected chi connectivity index (χ4v) is 1.10. The van der Waals surface area contributed by atoms with Crippen LogP contribution < -0.4 is 22.7 Å². The van der Waals surface area contributed by atoms with Crippen molar-refractivity contribution in [3.05, 3.63) is 33.5 Å². The summed E-state index contributed by atoms with van der Waals surface area (Å²) in [5.41, 5.74) is 9.68. The van der Waals surface area contributed by atoms with E-state index in [-0.39, 0.29) is 18.1 Å². The largest absolute Gasteiger partial charge is 0.391 e. The van der Waals surface area contributed by atoms with Crippen LogP contribution in [0, 0.1) is 0 Å². The number of hydrogen-bond donors (Lipinski definition) is 2. The van der Waals surface area contributed by atoms with Gasteiger partial charge in [0.1, 0.15) is 11.5 Å². The zero-order valence-corrected chi connectivity index (χ0v) is 7.86. The fourth-order valence-electron chi connectivity index (χ4n) is 1.10. The van der Waals surface area contributed by atoms with Crippen LogP contribution in [0.2, 0.25) is 0 Å². The van der Waals surface area contributed by atoms with Gasteiger partial charge in [-0.05, 0) is 0 Å². The molecule has 1 heterocycles. The molecule has 14 heavy (non-hydrogen) atoms. The standard InChI is InChI=1S/C8H12N4O2/c1-3-4-12-7(13)5(9)6(10)11(2)8(12)14/h3H,1,4,9-10H2,2H3.